The molecule has 0 saturated carbocycles. The van der Waals surface area contributed by atoms with Gasteiger partial charge in [0.05, 0.1) is 25.4 Å². The van der Waals surface area contributed by atoms with Gasteiger partial charge in [-0.15, -0.1) is 0 Å². The fraction of sp³-hybridized carbons (Fsp3) is 0.500. The Morgan fingerprint density at radius 1 is 1.17 bits per heavy atom. The molecule has 0 aliphatic heterocycles. The van der Waals surface area contributed by atoms with Crippen molar-refractivity contribution in [3.05, 3.63) is 24.4 Å². The second-order valence-electron chi connectivity index (χ2n) is 5.37. The predicted octanol–water partition coefficient (Wildman–Crippen LogP) is 3.40. The third-order valence-corrected chi connectivity index (χ3v) is 4.09. The lowest BCUT2D eigenvalue weighted by molar-refractivity contribution is 0.303. The van der Waals surface area contributed by atoms with Crippen LogP contribution < -0.4 is 14.8 Å². The van der Waals surface area contributed by atoms with Crippen LogP contribution in [0.1, 0.15) is 20.3 Å². The molecule has 2 rings (SSSR count). The molecule has 23 heavy (non-hydrogen) atoms. The fourth-order valence-electron chi connectivity index (χ4n) is 2.76. The molecule has 0 unspecified atom stereocenters. The maximum Gasteiger partial charge on any atom is 0.170 e. The van der Waals surface area contributed by atoms with Crippen molar-refractivity contribution in [3.8, 4) is 11.5 Å². The number of benzene rings is 1. The van der Waals surface area contributed by atoms with E-state index in [-0.39, 0.29) is 0 Å². The Bertz CT molecular complexity index is 627. The highest BCUT2D eigenvalue weighted by Gasteiger charge is 2.14. The van der Waals surface area contributed by atoms with E-state index in [9.17, 15) is 0 Å². The summed E-state index contributed by atoms with van der Waals surface area (Å²) in [5.41, 5.74) is 1.89. The topological polar surface area (TPSA) is 46.6 Å². The van der Waals surface area contributed by atoms with Gasteiger partial charge in [0.15, 0.2) is 11.5 Å². The highest BCUT2D eigenvalue weighted by molar-refractivity contribution is 5.97. The van der Waals surface area contributed by atoms with Crippen LogP contribution in [0.2, 0.25) is 0 Å². The van der Waals surface area contributed by atoms with Crippen molar-refractivity contribution in [2.75, 3.05) is 45.7 Å². The molecular formula is C18H27N3O2. The summed E-state index contributed by atoms with van der Waals surface area (Å²) in [6, 6.07) is 5.88. The first-order chi connectivity index (χ1) is 11.2. The maximum atomic E-state index is 5.49. The molecule has 0 atom stereocenters. The smallest absolute Gasteiger partial charge is 0.170 e. The van der Waals surface area contributed by atoms with Gasteiger partial charge in [-0.05, 0) is 38.2 Å². The molecule has 5 heteroatoms. The third kappa shape index (κ3) is 4.05. The second-order valence-corrected chi connectivity index (χ2v) is 5.37. The summed E-state index contributed by atoms with van der Waals surface area (Å²) in [5.74, 6) is 1.45. The molecule has 0 radical (unpaired) electrons. The van der Waals surface area contributed by atoms with Gasteiger partial charge in [0.1, 0.15) is 0 Å². The largest absolute Gasteiger partial charge is 0.493 e. The van der Waals surface area contributed by atoms with Crippen LogP contribution in [0.3, 0.4) is 0 Å². The van der Waals surface area contributed by atoms with Crippen LogP contribution in [-0.2, 0) is 0 Å². The van der Waals surface area contributed by atoms with Crippen LogP contribution in [0.4, 0.5) is 5.69 Å². The highest BCUT2D eigenvalue weighted by Crippen LogP contribution is 2.39. The van der Waals surface area contributed by atoms with Crippen LogP contribution in [0, 0.1) is 0 Å². The molecule has 0 fully saturated rings. The number of methoxy groups -OCH3 is 2. The summed E-state index contributed by atoms with van der Waals surface area (Å²) in [5, 5.41) is 4.45. The number of aromatic nitrogens is 1. The Labute approximate surface area is 138 Å². The molecule has 126 valence electrons. The van der Waals surface area contributed by atoms with E-state index >= 15 is 0 Å². The summed E-state index contributed by atoms with van der Waals surface area (Å²) in [6.45, 7) is 8.58. The number of anilines is 1. The van der Waals surface area contributed by atoms with E-state index in [4.69, 9.17) is 9.47 Å². The molecule has 0 amide bonds. The van der Waals surface area contributed by atoms with E-state index in [0.717, 1.165) is 60.7 Å². The van der Waals surface area contributed by atoms with Gasteiger partial charge in [0.25, 0.3) is 0 Å². The second kappa shape index (κ2) is 8.58. The van der Waals surface area contributed by atoms with Gasteiger partial charge in [-0.2, -0.15) is 0 Å². The first-order valence-corrected chi connectivity index (χ1v) is 8.21. The fourth-order valence-corrected chi connectivity index (χ4v) is 2.76. The molecule has 0 aliphatic carbocycles. The molecule has 0 saturated heterocycles. The minimum absolute atomic E-state index is 0.722. The first-order valence-electron chi connectivity index (χ1n) is 8.21. The van der Waals surface area contributed by atoms with Gasteiger partial charge >= 0.3 is 0 Å². The van der Waals surface area contributed by atoms with E-state index in [0.29, 0.717) is 0 Å². The third-order valence-electron chi connectivity index (χ3n) is 4.09. The molecule has 0 bridgehead atoms. The van der Waals surface area contributed by atoms with Crippen molar-refractivity contribution in [1.29, 1.82) is 0 Å². The van der Waals surface area contributed by atoms with Crippen LogP contribution in [0.5, 0.6) is 11.5 Å². The number of nitrogens with zero attached hydrogens (tertiary/aromatic N) is 2. The number of hydrogen-bond donors (Lipinski definition) is 1. The Morgan fingerprint density at radius 2 is 1.96 bits per heavy atom. The molecule has 5 nitrogen and oxygen atoms in total. The van der Waals surface area contributed by atoms with Crippen molar-refractivity contribution < 1.29 is 9.47 Å². The number of nitrogens with one attached hydrogen (secondary N) is 1. The van der Waals surface area contributed by atoms with Crippen LogP contribution in [-0.4, -0.2) is 50.3 Å². The number of pyridine rings is 1. The van der Waals surface area contributed by atoms with E-state index in [1.165, 1.54) is 0 Å². The monoisotopic (exact) mass is 317 g/mol. The van der Waals surface area contributed by atoms with Crippen molar-refractivity contribution >= 4 is 16.6 Å². The van der Waals surface area contributed by atoms with Crippen LogP contribution in [0.15, 0.2) is 24.4 Å². The van der Waals surface area contributed by atoms with Gasteiger partial charge in [-0.3, -0.25) is 4.98 Å². The lowest BCUT2D eigenvalue weighted by Gasteiger charge is -2.19. The normalized spacial score (nSPS) is 11.0. The standard InChI is InChI=1S/C18H27N3O2/c1-5-21(6-2)12-8-11-19-15-13-16(22-3)18(23-4)14-9-7-10-20-17(14)15/h7,9-10,13,19H,5-6,8,11-12H2,1-4H3. The maximum absolute atomic E-state index is 5.49. The summed E-state index contributed by atoms with van der Waals surface area (Å²) < 4.78 is 11.0. The molecule has 2 aromatic rings. The van der Waals surface area contributed by atoms with Gasteiger partial charge in [-0.25, -0.2) is 0 Å². The highest BCUT2D eigenvalue weighted by atomic mass is 16.5. The van der Waals surface area contributed by atoms with Crippen molar-refractivity contribution in [2.24, 2.45) is 0 Å². The zero-order valence-corrected chi connectivity index (χ0v) is 14.6. The minimum atomic E-state index is 0.722. The average molecular weight is 317 g/mol. The van der Waals surface area contributed by atoms with Gasteiger partial charge in [0.2, 0.25) is 0 Å². The van der Waals surface area contributed by atoms with Crippen LogP contribution in [0.25, 0.3) is 10.9 Å². The number of hydrogen-bond acceptors (Lipinski definition) is 5. The van der Waals surface area contributed by atoms with E-state index < -0.39 is 0 Å². The minimum Gasteiger partial charge on any atom is -0.493 e. The first kappa shape index (κ1) is 17.3. The van der Waals surface area contributed by atoms with E-state index in [1.54, 1.807) is 20.4 Å². The molecule has 0 spiro atoms. The van der Waals surface area contributed by atoms with Gasteiger partial charge in [-0.1, -0.05) is 13.8 Å². The zero-order chi connectivity index (χ0) is 16.7. The Kier molecular flexibility index (Phi) is 6.47. The Hall–Kier alpha value is -2.01. The van der Waals surface area contributed by atoms with Gasteiger partial charge in [0, 0.05) is 24.2 Å². The average Bonchev–Trinajstić information content (AvgIpc) is 2.61. The zero-order valence-electron chi connectivity index (χ0n) is 14.6. The molecule has 1 aromatic carbocycles. The van der Waals surface area contributed by atoms with Gasteiger partial charge < -0.3 is 19.7 Å². The number of rotatable bonds is 9. The molecule has 1 aromatic heterocycles. The van der Waals surface area contributed by atoms with E-state index in [2.05, 4.69) is 29.0 Å². The quantitative estimate of drug-likeness (QED) is 0.718. The molecular weight excluding hydrogens is 290 g/mol. The molecule has 0 aliphatic rings. The SMILES string of the molecule is CCN(CC)CCCNc1cc(OC)c(OC)c2cccnc12. The number of ether oxygens (including phenoxy) is 2. The van der Waals surface area contributed by atoms with Crippen molar-refractivity contribution in [1.82, 2.24) is 9.88 Å². The Morgan fingerprint density at radius 3 is 2.61 bits per heavy atom. The Balaban J connectivity index is 2.17. The van der Waals surface area contributed by atoms with Crippen LogP contribution >= 0.6 is 0 Å². The molecule has 1 heterocycles. The lowest BCUT2D eigenvalue weighted by Crippen LogP contribution is -2.25. The summed E-state index contributed by atoms with van der Waals surface area (Å²) in [6.07, 6.45) is 2.89. The lowest BCUT2D eigenvalue weighted by atomic mass is 10.1. The molecule has 1 N–H and O–H groups in total. The summed E-state index contributed by atoms with van der Waals surface area (Å²) in [7, 11) is 3.31. The number of fused-ring (bicyclic) bond motifs is 1. The van der Waals surface area contributed by atoms with Crippen molar-refractivity contribution in [2.45, 2.75) is 20.3 Å². The summed E-state index contributed by atoms with van der Waals surface area (Å²) in [4.78, 5) is 6.93. The van der Waals surface area contributed by atoms with Crippen molar-refractivity contribution in [3.63, 3.8) is 0 Å². The predicted molar refractivity (Wildman–Crippen MR) is 95.7 cm³/mol. The van der Waals surface area contributed by atoms with E-state index in [1.807, 2.05) is 18.2 Å². The summed E-state index contributed by atoms with van der Waals surface area (Å²) >= 11 is 0.